The molecule has 0 aliphatic carbocycles. The van der Waals surface area contributed by atoms with Crippen molar-refractivity contribution in [2.45, 2.75) is 32.6 Å². The fourth-order valence-corrected chi connectivity index (χ4v) is 2.70. The molecule has 2 aromatic carbocycles. The Morgan fingerprint density at radius 2 is 1.88 bits per heavy atom. The van der Waals surface area contributed by atoms with Gasteiger partial charge in [-0.3, -0.25) is 4.79 Å². The van der Waals surface area contributed by atoms with Gasteiger partial charge in [-0.25, -0.2) is 0 Å². The summed E-state index contributed by atoms with van der Waals surface area (Å²) in [4.78, 5) is 12.3. The number of fused-ring (bicyclic) bond motifs is 1. The maximum absolute atomic E-state index is 12.3. The van der Waals surface area contributed by atoms with Crippen molar-refractivity contribution in [2.24, 2.45) is 0 Å². The zero-order chi connectivity index (χ0) is 16.9. The van der Waals surface area contributed by atoms with Gasteiger partial charge in [-0.15, -0.1) is 0 Å². The molecule has 24 heavy (non-hydrogen) atoms. The second-order valence-electron chi connectivity index (χ2n) is 6.10. The van der Waals surface area contributed by atoms with Gasteiger partial charge in [-0.05, 0) is 48.2 Å². The average molecular weight is 325 g/mol. The van der Waals surface area contributed by atoms with Gasteiger partial charge in [0, 0.05) is 24.2 Å². The van der Waals surface area contributed by atoms with Crippen molar-refractivity contribution < 1.29 is 14.3 Å². The molecule has 1 heterocycles. The van der Waals surface area contributed by atoms with Crippen LogP contribution in [0, 0.1) is 0 Å². The van der Waals surface area contributed by atoms with Crippen molar-refractivity contribution in [2.75, 3.05) is 18.7 Å². The van der Waals surface area contributed by atoms with E-state index in [0.717, 1.165) is 12.1 Å². The number of hydrogen-bond acceptors (Lipinski definition) is 4. The first kappa shape index (κ1) is 16.4. The Kier molecular flexibility index (Phi) is 5.04. The third kappa shape index (κ3) is 3.70. The first-order chi connectivity index (χ1) is 11.7. The number of carbonyl (C=O) groups excluding carboxylic acids is 1. The van der Waals surface area contributed by atoms with Gasteiger partial charge in [-0.2, -0.15) is 0 Å². The van der Waals surface area contributed by atoms with Crippen molar-refractivity contribution in [3.63, 3.8) is 0 Å². The maximum Gasteiger partial charge on any atom is 0.231 e. The summed E-state index contributed by atoms with van der Waals surface area (Å²) >= 11 is 0. The summed E-state index contributed by atoms with van der Waals surface area (Å²) < 4.78 is 10.6. The van der Waals surface area contributed by atoms with E-state index in [2.05, 4.69) is 43.4 Å². The normalized spacial score (nSPS) is 13.6. The number of benzene rings is 2. The molecule has 0 aromatic heterocycles. The molecule has 4 nitrogen and oxygen atoms in total. The zero-order valence-electron chi connectivity index (χ0n) is 14.2. The highest BCUT2D eigenvalue weighted by Crippen LogP contribution is 2.32. The molecular weight excluding hydrogens is 302 g/mol. The van der Waals surface area contributed by atoms with Gasteiger partial charge >= 0.3 is 0 Å². The predicted octanol–water partition coefficient (Wildman–Crippen LogP) is 4.61. The minimum absolute atomic E-state index is 0.0945. The summed E-state index contributed by atoms with van der Waals surface area (Å²) in [5, 5.41) is 3.31. The number of carbonyl (C=O) groups is 1. The van der Waals surface area contributed by atoms with Gasteiger partial charge < -0.3 is 14.8 Å². The van der Waals surface area contributed by atoms with E-state index >= 15 is 0 Å². The molecule has 0 saturated heterocycles. The molecule has 1 unspecified atom stereocenters. The number of hydrogen-bond donors (Lipinski definition) is 1. The monoisotopic (exact) mass is 325 g/mol. The van der Waals surface area contributed by atoms with E-state index in [1.54, 1.807) is 18.2 Å². The summed E-state index contributed by atoms with van der Waals surface area (Å²) in [6.45, 7) is 5.25. The van der Waals surface area contributed by atoms with E-state index in [1.165, 1.54) is 5.56 Å². The largest absolute Gasteiger partial charge is 0.454 e. The Morgan fingerprint density at radius 1 is 1.12 bits per heavy atom. The SMILES string of the molecule is CCC(C)c1ccc(NCCC(=O)c2ccc3c(c2)OCO3)cc1. The van der Waals surface area contributed by atoms with Crippen LogP contribution >= 0.6 is 0 Å². The molecule has 0 amide bonds. The predicted molar refractivity (Wildman–Crippen MR) is 95.2 cm³/mol. The number of ketones is 1. The Labute approximate surface area is 142 Å². The van der Waals surface area contributed by atoms with Crippen LogP contribution in [-0.4, -0.2) is 19.1 Å². The zero-order valence-corrected chi connectivity index (χ0v) is 14.2. The van der Waals surface area contributed by atoms with Crippen LogP contribution in [0.15, 0.2) is 42.5 Å². The molecule has 0 radical (unpaired) electrons. The molecular formula is C20H23NO3. The number of ether oxygens (including phenoxy) is 2. The summed E-state index contributed by atoms with van der Waals surface area (Å²) in [5.74, 6) is 2.02. The Morgan fingerprint density at radius 3 is 2.62 bits per heavy atom. The lowest BCUT2D eigenvalue weighted by Crippen LogP contribution is -2.09. The maximum atomic E-state index is 12.3. The number of nitrogens with one attached hydrogen (secondary N) is 1. The van der Waals surface area contributed by atoms with Crippen LogP contribution in [-0.2, 0) is 0 Å². The van der Waals surface area contributed by atoms with Gasteiger partial charge in [-0.1, -0.05) is 26.0 Å². The third-order valence-electron chi connectivity index (χ3n) is 4.47. The van der Waals surface area contributed by atoms with E-state index in [4.69, 9.17) is 9.47 Å². The second kappa shape index (κ2) is 7.39. The average Bonchev–Trinajstić information content (AvgIpc) is 3.09. The Hall–Kier alpha value is -2.49. The van der Waals surface area contributed by atoms with Crippen LogP contribution in [0.1, 0.15) is 48.5 Å². The van der Waals surface area contributed by atoms with Gasteiger partial charge in [0.15, 0.2) is 17.3 Å². The molecule has 1 atom stereocenters. The first-order valence-corrected chi connectivity index (χ1v) is 8.44. The lowest BCUT2D eigenvalue weighted by Gasteiger charge is -2.11. The molecule has 126 valence electrons. The number of rotatable bonds is 7. The van der Waals surface area contributed by atoms with Crippen LogP contribution in [0.4, 0.5) is 5.69 Å². The smallest absolute Gasteiger partial charge is 0.231 e. The van der Waals surface area contributed by atoms with E-state index in [0.29, 0.717) is 35.9 Å². The van der Waals surface area contributed by atoms with Crippen LogP contribution in [0.3, 0.4) is 0 Å². The van der Waals surface area contributed by atoms with E-state index in [-0.39, 0.29) is 12.6 Å². The van der Waals surface area contributed by atoms with E-state index < -0.39 is 0 Å². The quantitative estimate of drug-likeness (QED) is 0.755. The van der Waals surface area contributed by atoms with Gasteiger partial charge in [0.25, 0.3) is 0 Å². The van der Waals surface area contributed by atoms with Crippen LogP contribution in [0.5, 0.6) is 11.5 Å². The molecule has 0 saturated carbocycles. The Balaban J connectivity index is 1.51. The highest BCUT2D eigenvalue weighted by atomic mass is 16.7. The van der Waals surface area contributed by atoms with Gasteiger partial charge in [0.05, 0.1) is 0 Å². The van der Waals surface area contributed by atoms with Gasteiger partial charge in [0.2, 0.25) is 6.79 Å². The van der Waals surface area contributed by atoms with Crippen LogP contribution < -0.4 is 14.8 Å². The lowest BCUT2D eigenvalue weighted by atomic mass is 9.98. The number of Topliss-reactive ketones (excluding diaryl/α,β-unsaturated/α-hetero) is 1. The first-order valence-electron chi connectivity index (χ1n) is 8.44. The standard InChI is InChI=1S/C20H23NO3/c1-3-14(2)15-4-7-17(8-5-15)21-11-10-18(22)16-6-9-19-20(12-16)24-13-23-19/h4-9,12,14,21H,3,10-11,13H2,1-2H3. The lowest BCUT2D eigenvalue weighted by molar-refractivity contribution is 0.0986. The molecule has 3 rings (SSSR count). The minimum Gasteiger partial charge on any atom is -0.454 e. The van der Waals surface area contributed by atoms with Crippen molar-refractivity contribution in [3.8, 4) is 11.5 Å². The summed E-state index contributed by atoms with van der Waals surface area (Å²) in [7, 11) is 0. The number of anilines is 1. The summed E-state index contributed by atoms with van der Waals surface area (Å²) in [6, 6.07) is 13.8. The minimum atomic E-state index is 0.0945. The molecule has 1 aliphatic heterocycles. The van der Waals surface area contributed by atoms with Crippen molar-refractivity contribution in [1.29, 1.82) is 0 Å². The summed E-state index contributed by atoms with van der Waals surface area (Å²) in [5.41, 5.74) is 3.05. The fourth-order valence-electron chi connectivity index (χ4n) is 2.70. The topological polar surface area (TPSA) is 47.6 Å². The van der Waals surface area contributed by atoms with E-state index in [1.807, 2.05) is 0 Å². The highest BCUT2D eigenvalue weighted by Gasteiger charge is 2.15. The molecule has 4 heteroatoms. The second-order valence-corrected chi connectivity index (χ2v) is 6.10. The summed E-state index contributed by atoms with van der Waals surface area (Å²) in [6.07, 6.45) is 1.57. The van der Waals surface area contributed by atoms with Crippen molar-refractivity contribution in [3.05, 3.63) is 53.6 Å². The molecule has 0 bridgehead atoms. The van der Waals surface area contributed by atoms with Crippen LogP contribution in [0.25, 0.3) is 0 Å². The van der Waals surface area contributed by atoms with E-state index in [9.17, 15) is 4.79 Å². The fraction of sp³-hybridized carbons (Fsp3) is 0.350. The Bertz CT molecular complexity index is 709. The molecule has 1 aliphatic rings. The molecule has 2 aromatic rings. The van der Waals surface area contributed by atoms with Gasteiger partial charge in [0.1, 0.15) is 0 Å². The highest BCUT2D eigenvalue weighted by molar-refractivity contribution is 5.97. The van der Waals surface area contributed by atoms with Crippen molar-refractivity contribution in [1.82, 2.24) is 0 Å². The molecule has 1 N–H and O–H groups in total. The molecule has 0 spiro atoms. The van der Waals surface area contributed by atoms with Crippen LogP contribution in [0.2, 0.25) is 0 Å². The molecule has 0 fully saturated rings. The van der Waals surface area contributed by atoms with Crippen molar-refractivity contribution >= 4 is 11.5 Å². The third-order valence-corrected chi connectivity index (χ3v) is 4.47.